The van der Waals surface area contributed by atoms with Crippen LogP contribution in [-0.2, 0) is 5.79 Å². The molecule has 13 nitrogen and oxygen atoms in total. The molecule has 4 heterocycles. The van der Waals surface area contributed by atoms with Crippen LogP contribution in [0, 0.1) is 31.3 Å². The monoisotopic (exact) mass is 752 g/mol. The lowest BCUT2D eigenvalue weighted by Crippen LogP contribution is -2.52. The summed E-state index contributed by atoms with van der Waals surface area (Å²) >= 11 is 6.08. The number of nitrogen functional groups attached to an aromatic ring is 1. The number of nitrogens with two attached hydrogens (primary N) is 3. The van der Waals surface area contributed by atoms with E-state index in [1.165, 1.54) is 43.5 Å². The number of nitrogens with zero attached hydrogens (tertiary/aromatic N) is 7. The minimum atomic E-state index is -1.31. The number of methoxy groups -OCH3 is 1. The molecule has 1 aliphatic rings. The number of aliphatic imine (C=N–C) groups is 1. The average Bonchev–Trinajstić information content (AvgIpc) is 3.62. The Balaban J connectivity index is 0.000000167. The molecule has 1 unspecified atom stereocenters. The van der Waals surface area contributed by atoms with Crippen LogP contribution in [0.5, 0.6) is 5.75 Å². The Hall–Kier alpha value is -6.65. The van der Waals surface area contributed by atoms with Gasteiger partial charge in [0.1, 0.15) is 46.6 Å². The number of fused-ring (bicyclic) bond motifs is 2. The van der Waals surface area contributed by atoms with Crippen molar-refractivity contribution < 1.29 is 17.9 Å². The fourth-order valence-corrected chi connectivity index (χ4v) is 6.24. The average molecular weight is 753 g/mol. The van der Waals surface area contributed by atoms with Crippen molar-refractivity contribution in [2.75, 3.05) is 18.2 Å². The lowest BCUT2D eigenvalue weighted by Gasteiger charge is -2.33. The molecule has 1 aliphatic heterocycles. The highest BCUT2D eigenvalue weighted by Crippen LogP contribution is 2.29. The molecule has 4 aromatic carbocycles. The van der Waals surface area contributed by atoms with E-state index in [-0.39, 0.29) is 35.0 Å². The molecule has 17 heteroatoms. The zero-order chi connectivity index (χ0) is 38.3. The molecule has 0 amide bonds. The third-order valence-corrected chi connectivity index (χ3v) is 8.59. The zero-order valence-corrected chi connectivity index (χ0v) is 29.7. The smallest absolute Gasteiger partial charge is 0.231 e. The Morgan fingerprint density at radius 1 is 0.796 bits per heavy atom. The second-order valence-electron chi connectivity index (χ2n) is 12.2. The van der Waals surface area contributed by atoms with Gasteiger partial charge in [0.2, 0.25) is 11.7 Å². The summed E-state index contributed by atoms with van der Waals surface area (Å²) in [6.45, 7) is 3.60. The topological polar surface area (TPSA) is 185 Å². The number of amidine groups is 1. The first-order valence-corrected chi connectivity index (χ1v) is 16.6. The fraction of sp³-hybridized carbons (Fsp3) is 0.108. The van der Waals surface area contributed by atoms with Gasteiger partial charge in [0.15, 0.2) is 11.6 Å². The van der Waals surface area contributed by atoms with E-state index in [9.17, 15) is 13.2 Å². The molecule has 0 aliphatic carbocycles. The van der Waals surface area contributed by atoms with Crippen LogP contribution in [-0.4, -0.2) is 42.0 Å². The van der Waals surface area contributed by atoms with Gasteiger partial charge in [-0.15, -0.1) is 0 Å². The fourth-order valence-electron chi connectivity index (χ4n) is 6.05. The highest BCUT2D eigenvalue weighted by Gasteiger charge is 2.32. The molecule has 274 valence electrons. The predicted molar refractivity (Wildman–Crippen MR) is 203 cm³/mol. The van der Waals surface area contributed by atoms with Crippen LogP contribution in [0.4, 0.5) is 30.6 Å². The van der Waals surface area contributed by atoms with Crippen molar-refractivity contribution in [1.82, 2.24) is 34.4 Å². The standard InChI is InChI=1S/C19H16F2N6O.C18H16ClFN6/c1-10-23-14-5-3-11(20)7-15(14)27(10)18-9-17(22)25-19(26-18)24-12-4-6-16(28-2)13(21)8-12;1-10-23-14-6-5-13(20)8-15(14)26(10)17-9-16(21)24-18(22,25-17)11-3-2-4-12(19)7-11/h3-9H,1-2H3,(H3,22,24,25,26);2-9,25H,22H2,1H3,(H2,21,24). The maximum absolute atomic E-state index is 13.9. The number of anilines is 3. The van der Waals surface area contributed by atoms with Crippen LogP contribution in [0.25, 0.3) is 33.7 Å². The lowest BCUT2D eigenvalue weighted by molar-refractivity contribution is 0.386. The summed E-state index contributed by atoms with van der Waals surface area (Å²) < 4.78 is 49.8. The maximum Gasteiger partial charge on any atom is 0.231 e. The molecule has 0 saturated heterocycles. The number of hydrogen-bond donors (Lipinski definition) is 5. The van der Waals surface area contributed by atoms with E-state index in [1.54, 1.807) is 70.7 Å². The Labute approximate surface area is 311 Å². The van der Waals surface area contributed by atoms with Crippen molar-refractivity contribution in [2.45, 2.75) is 19.6 Å². The van der Waals surface area contributed by atoms with Crippen molar-refractivity contribution in [3.63, 3.8) is 0 Å². The summed E-state index contributed by atoms with van der Waals surface area (Å²) in [5, 5.41) is 6.62. The Morgan fingerprint density at radius 2 is 1.46 bits per heavy atom. The van der Waals surface area contributed by atoms with E-state index < -0.39 is 11.6 Å². The van der Waals surface area contributed by atoms with Crippen LogP contribution in [0.1, 0.15) is 17.2 Å². The van der Waals surface area contributed by atoms with Gasteiger partial charge >= 0.3 is 0 Å². The summed E-state index contributed by atoms with van der Waals surface area (Å²) in [6.07, 6.45) is 1.63. The summed E-state index contributed by atoms with van der Waals surface area (Å²) in [5.41, 5.74) is 21.9. The van der Waals surface area contributed by atoms with Gasteiger partial charge in [-0.2, -0.15) is 9.97 Å². The van der Waals surface area contributed by atoms with E-state index >= 15 is 0 Å². The van der Waals surface area contributed by atoms with E-state index in [0.29, 0.717) is 61.6 Å². The first-order valence-electron chi connectivity index (χ1n) is 16.3. The number of aryl methyl sites for hydroxylation is 2. The molecule has 8 rings (SSSR count). The molecule has 54 heavy (non-hydrogen) atoms. The van der Waals surface area contributed by atoms with Gasteiger partial charge in [0, 0.05) is 46.6 Å². The third-order valence-electron chi connectivity index (χ3n) is 8.35. The predicted octanol–water partition coefficient (Wildman–Crippen LogP) is 6.40. The highest BCUT2D eigenvalue weighted by molar-refractivity contribution is 6.30. The number of benzene rings is 4. The second-order valence-corrected chi connectivity index (χ2v) is 12.6. The van der Waals surface area contributed by atoms with Gasteiger partial charge in [0.25, 0.3) is 0 Å². The van der Waals surface area contributed by atoms with Crippen LogP contribution >= 0.6 is 11.6 Å². The van der Waals surface area contributed by atoms with Crippen molar-refractivity contribution in [3.8, 4) is 11.6 Å². The quantitative estimate of drug-likeness (QED) is 0.127. The number of imidazole rings is 2. The summed E-state index contributed by atoms with van der Waals surface area (Å²) in [4.78, 5) is 21.8. The molecule has 0 bridgehead atoms. The minimum Gasteiger partial charge on any atom is -0.494 e. The molecular weight excluding hydrogens is 721 g/mol. The number of halogens is 4. The van der Waals surface area contributed by atoms with Gasteiger partial charge in [-0.1, -0.05) is 23.7 Å². The molecular formula is C37H32ClF3N12O. The zero-order valence-electron chi connectivity index (χ0n) is 28.9. The van der Waals surface area contributed by atoms with E-state index in [4.69, 9.17) is 33.5 Å². The largest absolute Gasteiger partial charge is 0.494 e. The first-order chi connectivity index (χ1) is 25.8. The Morgan fingerprint density at radius 3 is 2.11 bits per heavy atom. The van der Waals surface area contributed by atoms with Crippen molar-refractivity contribution in [3.05, 3.63) is 131 Å². The van der Waals surface area contributed by atoms with Gasteiger partial charge in [-0.05, 0) is 62.4 Å². The Bertz CT molecular complexity index is 2640. The highest BCUT2D eigenvalue weighted by atomic mass is 35.5. The minimum absolute atomic E-state index is 0.127. The number of hydrogen-bond acceptors (Lipinski definition) is 11. The molecule has 0 spiro atoms. The lowest BCUT2D eigenvalue weighted by atomic mass is 10.1. The maximum atomic E-state index is 13.9. The van der Waals surface area contributed by atoms with Crippen molar-refractivity contribution in [2.24, 2.45) is 16.5 Å². The summed E-state index contributed by atoms with van der Waals surface area (Å²) in [6, 6.07) is 21.7. The molecule has 0 radical (unpaired) electrons. The summed E-state index contributed by atoms with van der Waals surface area (Å²) in [7, 11) is 1.39. The van der Waals surface area contributed by atoms with E-state index in [0.717, 1.165) is 0 Å². The van der Waals surface area contributed by atoms with Crippen molar-refractivity contribution in [1.29, 1.82) is 0 Å². The molecule has 1 atom stereocenters. The first kappa shape index (κ1) is 35.7. The molecule has 8 N–H and O–H groups in total. The van der Waals surface area contributed by atoms with Crippen LogP contribution in [0.2, 0.25) is 5.02 Å². The molecule has 0 fully saturated rings. The van der Waals surface area contributed by atoms with Gasteiger partial charge in [-0.3, -0.25) is 14.9 Å². The number of rotatable bonds is 6. The number of nitrogens with one attached hydrogen (secondary N) is 2. The van der Waals surface area contributed by atoms with Gasteiger partial charge in [-0.25, -0.2) is 28.1 Å². The van der Waals surface area contributed by atoms with Crippen LogP contribution in [0.3, 0.4) is 0 Å². The SMILES string of the molecule is COc1ccc(Nc2nc(N)cc(-n3c(C)nc4ccc(F)cc43)n2)cc1F.Cc1nc2ccc(F)cc2n1C1=CC(N)=NC(N)(c2cccc(Cl)c2)N1. The van der Waals surface area contributed by atoms with Crippen LogP contribution < -0.4 is 32.6 Å². The normalized spacial score (nSPS) is 15.3. The third kappa shape index (κ3) is 7.07. The van der Waals surface area contributed by atoms with Gasteiger partial charge < -0.3 is 26.8 Å². The molecule has 0 saturated carbocycles. The van der Waals surface area contributed by atoms with E-state index in [2.05, 4.69) is 35.6 Å². The molecule has 3 aromatic heterocycles. The number of aromatic nitrogens is 6. The Kier molecular flexibility index (Phi) is 9.30. The van der Waals surface area contributed by atoms with E-state index in [1.807, 2.05) is 6.92 Å². The second kappa shape index (κ2) is 14.1. The molecule has 7 aromatic rings. The summed E-state index contributed by atoms with van der Waals surface area (Å²) in [5.74, 6) is 0.372. The van der Waals surface area contributed by atoms with Gasteiger partial charge in [0.05, 0.1) is 29.2 Å². The van der Waals surface area contributed by atoms with Crippen molar-refractivity contribution >= 4 is 62.8 Å². The van der Waals surface area contributed by atoms with Crippen LogP contribution in [0.15, 0.2) is 96.0 Å². The number of ether oxygens (including phenoxy) is 1.